The molecule has 0 spiro atoms. The van der Waals surface area contributed by atoms with E-state index in [1.54, 1.807) is 17.4 Å². The first-order valence-corrected chi connectivity index (χ1v) is 7.61. The molecule has 0 fully saturated rings. The number of carbonyl (C=O) groups is 1. The van der Waals surface area contributed by atoms with Gasteiger partial charge in [0.15, 0.2) is 0 Å². The maximum Gasteiger partial charge on any atom is 0.328 e. The number of thiophene rings is 1. The van der Waals surface area contributed by atoms with E-state index in [2.05, 4.69) is 15.9 Å². The summed E-state index contributed by atoms with van der Waals surface area (Å²) in [5.74, 6) is -0.941. The van der Waals surface area contributed by atoms with Gasteiger partial charge in [-0.1, -0.05) is 28.1 Å². The van der Waals surface area contributed by atoms with Gasteiger partial charge in [-0.25, -0.2) is 4.79 Å². The van der Waals surface area contributed by atoms with Gasteiger partial charge in [-0.2, -0.15) is 0 Å². The number of aliphatic carboxylic acids is 1. The topological polar surface area (TPSA) is 46.5 Å². The van der Waals surface area contributed by atoms with Crippen molar-refractivity contribution in [3.63, 3.8) is 0 Å². The van der Waals surface area contributed by atoms with Gasteiger partial charge in [0.05, 0.1) is 13.2 Å². The van der Waals surface area contributed by atoms with Crippen molar-refractivity contribution in [1.82, 2.24) is 0 Å². The lowest BCUT2D eigenvalue weighted by atomic mass is 10.2. The summed E-state index contributed by atoms with van der Waals surface area (Å²) in [7, 11) is 0. The Balaban J connectivity index is 1.84. The Hall–Kier alpha value is -1.43. The van der Waals surface area contributed by atoms with Crippen molar-refractivity contribution in [2.75, 3.05) is 0 Å². The van der Waals surface area contributed by atoms with Crippen LogP contribution in [0.1, 0.15) is 16.0 Å². The summed E-state index contributed by atoms with van der Waals surface area (Å²) in [6.45, 7) is 1.08. The van der Waals surface area contributed by atoms with Crippen molar-refractivity contribution in [1.29, 1.82) is 0 Å². The Labute approximate surface area is 129 Å². The van der Waals surface area contributed by atoms with E-state index in [0.29, 0.717) is 13.2 Å². The molecule has 0 aliphatic carbocycles. The molecule has 1 N–H and O–H groups in total. The molecule has 1 aromatic heterocycles. The largest absolute Gasteiger partial charge is 0.478 e. The number of ether oxygens (including phenoxy) is 1. The third-order valence-electron chi connectivity index (χ3n) is 2.49. The van der Waals surface area contributed by atoms with Crippen molar-refractivity contribution in [3.8, 4) is 0 Å². The summed E-state index contributed by atoms with van der Waals surface area (Å²) >= 11 is 4.98. The lowest BCUT2D eigenvalue weighted by molar-refractivity contribution is -0.131. The molecule has 0 aliphatic heterocycles. The van der Waals surface area contributed by atoms with Crippen molar-refractivity contribution < 1.29 is 14.6 Å². The van der Waals surface area contributed by atoms with Gasteiger partial charge in [-0.15, -0.1) is 11.3 Å². The fourth-order valence-electron chi connectivity index (χ4n) is 1.62. The van der Waals surface area contributed by atoms with Crippen LogP contribution >= 0.6 is 27.3 Å². The van der Waals surface area contributed by atoms with Gasteiger partial charge < -0.3 is 9.84 Å². The summed E-state index contributed by atoms with van der Waals surface area (Å²) in [4.78, 5) is 11.5. The molecule has 0 radical (unpaired) electrons. The lowest BCUT2D eigenvalue weighted by Gasteiger charge is -2.03. The fourth-order valence-corrected chi connectivity index (χ4v) is 2.86. The summed E-state index contributed by atoms with van der Waals surface area (Å²) in [6.07, 6.45) is 2.71. The van der Waals surface area contributed by atoms with Crippen LogP contribution in [-0.2, 0) is 22.7 Å². The standard InChI is InChI=1S/C15H13BrO3S/c16-13-3-1-2-11(6-13)8-19-9-14-7-12(10-20-14)4-5-15(17)18/h1-7,10H,8-9H2,(H,17,18)/b5-4+. The van der Waals surface area contributed by atoms with E-state index in [0.717, 1.165) is 26.6 Å². The van der Waals surface area contributed by atoms with Gasteiger partial charge in [0.25, 0.3) is 0 Å². The summed E-state index contributed by atoms with van der Waals surface area (Å²) < 4.78 is 6.69. The molecule has 1 heterocycles. The molecule has 104 valence electrons. The zero-order valence-corrected chi connectivity index (χ0v) is 13.0. The van der Waals surface area contributed by atoms with Crippen LogP contribution in [0.3, 0.4) is 0 Å². The van der Waals surface area contributed by atoms with Crippen LogP contribution < -0.4 is 0 Å². The van der Waals surface area contributed by atoms with Gasteiger partial charge in [0.1, 0.15) is 0 Å². The Kier molecular flexibility index (Phi) is 5.52. The Morgan fingerprint density at radius 3 is 2.95 bits per heavy atom. The van der Waals surface area contributed by atoms with E-state index >= 15 is 0 Å². The summed E-state index contributed by atoms with van der Waals surface area (Å²) in [5, 5.41) is 10.5. The Morgan fingerprint density at radius 2 is 2.20 bits per heavy atom. The maximum absolute atomic E-state index is 10.4. The third kappa shape index (κ3) is 4.92. The first-order chi connectivity index (χ1) is 9.63. The second kappa shape index (κ2) is 7.38. The lowest BCUT2D eigenvalue weighted by Crippen LogP contribution is -1.92. The van der Waals surface area contributed by atoms with E-state index in [1.807, 2.05) is 35.7 Å². The van der Waals surface area contributed by atoms with Crippen molar-refractivity contribution >= 4 is 39.3 Å². The van der Waals surface area contributed by atoms with Gasteiger partial charge in [-0.05, 0) is 40.8 Å². The number of halogens is 1. The number of hydrogen-bond donors (Lipinski definition) is 1. The molecule has 3 nitrogen and oxygen atoms in total. The van der Waals surface area contributed by atoms with Crippen LogP contribution in [0.4, 0.5) is 0 Å². The number of carboxylic acid groups (broad SMARTS) is 1. The number of rotatable bonds is 6. The normalized spacial score (nSPS) is 11.1. The van der Waals surface area contributed by atoms with Crippen molar-refractivity contribution in [2.24, 2.45) is 0 Å². The highest BCUT2D eigenvalue weighted by molar-refractivity contribution is 9.10. The smallest absolute Gasteiger partial charge is 0.328 e. The fraction of sp³-hybridized carbons (Fsp3) is 0.133. The Morgan fingerprint density at radius 1 is 1.35 bits per heavy atom. The average molecular weight is 353 g/mol. The monoisotopic (exact) mass is 352 g/mol. The van der Waals surface area contributed by atoms with Gasteiger partial charge in [-0.3, -0.25) is 0 Å². The Bertz CT molecular complexity index is 619. The first kappa shape index (κ1) is 15.0. The highest BCUT2D eigenvalue weighted by atomic mass is 79.9. The zero-order valence-electron chi connectivity index (χ0n) is 10.6. The van der Waals surface area contributed by atoms with Gasteiger partial charge >= 0.3 is 5.97 Å². The molecule has 20 heavy (non-hydrogen) atoms. The molecule has 2 aromatic rings. The predicted molar refractivity (Wildman–Crippen MR) is 83.6 cm³/mol. The second-order valence-electron chi connectivity index (χ2n) is 4.14. The van der Waals surface area contributed by atoms with Crippen LogP contribution in [-0.4, -0.2) is 11.1 Å². The number of carboxylic acids is 1. The minimum Gasteiger partial charge on any atom is -0.478 e. The van der Waals surface area contributed by atoms with Crippen LogP contribution in [0.5, 0.6) is 0 Å². The zero-order chi connectivity index (χ0) is 14.4. The van der Waals surface area contributed by atoms with Crippen LogP contribution in [0.25, 0.3) is 6.08 Å². The van der Waals surface area contributed by atoms with Crippen LogP contribution in [0.15, 0.2) is 46.3 Å². The SMILES string of the molecule is O=C(O)/C=C/c1csc(COCc2cccc(Br)c2)c1. The molecule has 5 heteroatoms. The average Bonchev–Trinajstić information content (AvgIpc) is 2.84. The van der Waals surface area contributed by atoms with E-state index in [9.17, 15) is 4.79 Å². The molecule has 0 amide bonds. The minimum absolute atomic E-state index is 0.526. The van der Waals surface area contributed by atoms with E-state index in [4.69, 9.17) is 9.84 Å². The molecule has 0 saturated carbocycles. The predicted octanol–water partition coefficient (Wildman–Crippen LogP) is 4.33. The van der Waals surface area contributed by atoms with Crippen molar-refractivity contribution in [3.05, 3.63) is 62.3 Å². The van der Waals surface area contributed by atoms with E-state index in [1.165, 1.54) is 0 Å². The maximum atomic E-state index is 10.4. The second-order valence-corrected chi connectivity index (χ2v) is 6.05. The summed E-state index contributed by atoms with van der Waals surface area (Å²) in [6, 6.07) is 9.92. The van der Waals surface area contributed by atoms with E-state index in [-0.39, 0.29) is 0 Å². The molecule has 0 bridgehead atoms. The minimum atomic E-state index is -0.941. The molecule has 2 rings (SSSR count). The molecule has 0 atom stereocenters. The molecule has 0 saturated heterocycles. The highest BCUT2D eigenvalue weighted by Crippen LogP contribution is 2.18. The quantitative estimate of drug-likeness (QED) is 0.787. The number of benzene rings is 1. The van der Waals surface area contributed by atoms with Crippen molar-refractivity contribution in [2.45, 2.75) is 13.2 Å². The molecular formula is C15H13BrO3S. The van der Waals surface area contributed by atoms with E-state index < -0.39 is 5.97 Å². The molecule has 1 aromatic carbocycles. The highest BCUT2D eigenvalue weighted by Gasteiger charge is 2.00. The first-order valence-electron chi connectivity index (χ1n) is 5.94. The molecular weight excluding hydrogens is 340 g/mol. The van der Waals surface area contributed by atoms with Crippen LogP contribution in [0.2, 0.25) is 0 Å². The number of hydrogen-bond acceptors (Lipinski definition) is 3. The summed E-state index contributed by atoms with van der Waals surface area (Å²) in [5.41, 5.74) is 2.00. The molecule has 0 aliphatic rings. The third-order valence-corrected chi connectivity index (χ3v) is 3.92. The van der Waals surface area contributed by atoms with Gasteiger partial charge in [0, 0.05) is 15.4 Å². The molecule has 0 unspecified atom stereocenters. The van der Waals surface area contributed by atoms with Gasteiger partial charge in [0.2, 0.25) is 0 Å². The van der Waals surface area contributed by atoms with Crippen LogP contribution in [0, 0.1) is 0 Å².